The second kappa shape index (κ2) is 9.34. The Morgan fingerprint density at radius 2 is 1.82 bits per heavy atom. The molecule has 0 aliphatic rings. The van der Waals surface area contributed by atoms with E-state index >= 15 is 0 Å². The van der Waals surface area contributed by atoms with Crippen LogP contribution < -0.4 is 20.7 Å². The molecule has 28 heavy (non-hydrogen) atoms. The number of ether oxygens (including phenoxy) is 1. The van der Waals surface area contributed by atoms with Gasteiger partial charge in [0.05, 0.1) is 24.9 Å². The van der Waals surface area contributed by atoms with Crippen molar-refractivity contribution in [3.05, 3.63) is 64.1 Å². The zero-order chi connectivity index (χ0) is 19.9. The fourth-order valence-electron chi connectivity index (χ4n) is 2.35. The molecule has 1 heterocycles. The zero-order valence-electron chi connectivity index (χ0n) is 14.9. The number of carbonyl (C=O) groups excluding carboxylic acids is 2. The lowest BCUT2D eigenvalue weighted by molar-refractivity contribution is -0.115. The largest absolute Gasteiger partial charge is 0.495 e. The first-order valence-corrected chi connectivity index (χ1v) is 9.91. The molecule has 0 spiro atoms. The van der Waals surface area contributed by atoms with E-state index in [-0.39, 0.29) is 12.3 Å². The summed E-state index contributed by atoms with van der Waals surface area (Å²) in [6, 6.07) is 14.0. The molecule has 0 saturated carbocycles. The SMILES string of the molecule is COc1ccccc1NC(=O)Nc1nc(CC(=O)Nc2ccc(Br)cc2)cs1. The number of benzene rings is 2. The molecule has 0 fully saturated rings. The second-order valence-corrected chi connectivity index (χ2v) is 7.43. The molecule has 7 nitrogen and oxygen atoms in total. The molecule has 0 atom stereocenters. The molecular formula is C19H17BrN4O3S. The summed E-state index contributed by atoms with van der Waals surface area (Å²) in [5.41, 5.74) is 1.83. The molecule has 9 heteroatoms. The van der Waals surface area contributed by atoms with Crippen molar-refractivity contribution in [3.8, 4) is 5.75 Å². The second-order valence-electron chi connectivity index (χ2n) is 5.66. The van der Waals surface area contributed by atoms with E-state index in [9.17, 15) is 9.59 Å². The number of amides is 3. The standard InChI is InChI=1S/C19H17BrN4O3S/c1-27-16-5-3-2-4-15(16)23-18(26)24-19-22-14(11-28-19)10-17(25)21-13-8-6-12(20)7-9-13/h2-9,11H,10H2,1H3,(H,21,25)(H2,22,23,24,26). The number of para-hydroxylation sites is 2. The molecule has 144 valence electrons. The molecule has 0 aliphatic carbocycles. The summed E-state index contributed by atoms with van der Waals surface area (Å²) in [6.45, 7) is 0. The van der Waals surface area contributed by atoms with Crippen LogP contribution >= 0.6 is 27.3 Å². The van der Waals surface area contributed by atoms with Crippen molar-refractivity contribution >= 4 is 55.7 Å². The van der Waals surface area contributed by atoms with Gasteiger partial charge in [0.2, 0.25) is 5.91 Å². The molecule has 3 rings (SSSR count). The van der Waals surface area contributed by atoms with Gasteiger partial charge >= 0.3 is 6.03 Å². The van der Waals surface area contributed by atoms with E-state index in [1.54, 1.807) is 35.7 Å². The van der Waals surface area contributed by atoms with Crippen LogP contribution in [0.25, 0.3) is 0 Å². The zero-order valence-corrected chi connectivity index (χ0v) is 17.3. The summed E-state index contributed by atoms with van der Waals surface area (Å²) < 4.78 is 6.13. The normalized spacial score (nSPS) is 10.2. The molecule has 1 aromatic heterocycles. The summed E-state index contributed by atoms with van der Waals surface area (Å²) in [4.78, 5) is 28.6. The number of methoxy groups -OCH3 is 1. The van der Waals surface area contributed by atoms with Gasteiger partial charge in [-0.2, -0.15) is 0 Å². The first kappa shape index (κ1) is 19.8. The number of rotatable bonds is 6. The fraction of sp³-hybridized carbons (Fsp3) is 0.105. The fourth-order valence-corrected chi connectivity index (χ4v) is 3.32. The lowest BCUT2D eigenvalue weighted by Gasteiger charge is -2.09. The van der Waals surface area contributed by atoms with Crippen molar-refractivity contribution in [2.45, 2.75) is 6.42 Å². The van der Waals surface area contributed by atoms with Gasteiger partial charge < -0.3 is 15.4 Å². The molecule has 0 saturated heterocycles. The van der Waals surface area contributed by atoms with Crippen molar-refractivity contribution in [1.82, 2.24) is 4.98 Å². The van der Waals surface area contributed by atoms with E-state index in [1.807, 2.05) is 18.2 Å². The third-order valence-electron chi connectivity index (χ3n) is 3.60. The van der Waals surface area contributed by atoms with Crippen LogP contribution in [0.2, 0.25) is 0 Å². The number of hydrogen-bond donors (Lipinski definition) is 3. The minimum absolute atomic E-state index is 0.113. The van der Waals surface area contributed by atoms with Gasteiger partial charge in [0.15, 0.2) is 5.13 Å². The minimum atomic E-state index is -0.440. The van der Waals surface area contributed by atoms with Gasteiger partial charge in [0.1, 0.15) is 5.75 Å². The van der Waals surface area contributed by atoms with E-state index in [0.717, 1.165) is 4.47 Å². The van der Waals surface area contributed by atoms with E-state index in [2.05, 4.69) is 36.9 Å². The highest BCUT2D eigenvalue weighted by Gasteiger charge is 2.11. The summed E-state index contributed by atoms with van der Waals surface area (Å²) in [7, 11) is 1.53. The van der Waals surface area contributed by atoms with E-state index < -0.39 is 6.03 Å². The Morgan fingerprint density at radius 3 is 2.57 bits per heavy atom. The Morgan fingerprint density at radius 1 is 1.07 bits per heavy atom. The average molecular weight is 461 g/mol. The van der Waals surface area contributed by atoms with Crippen LogP contribution in [-0.2, 0) is 11.2 Å². The van der Waals surface area contributed by atoms with Crippen LogP contribution in [0.4, 0.5) is 21.3 Å². The number of carbonyl (C=O) groups is 2. The molecule has 2 aromatic carbocycles. The van der Waals surface area contributed by atoms with Crippen LogP contribution in [0.5, 0.6) is 5.75 Å². The molecule has 3 amide bonds. The van der Waals surface area contributed by atoms with Crippen molar-refractivity contribution in [2.24, 2.45) is 0 Å². The number of anilines is 3. The van der Waals surface area contributed by atoms with Crippen LogP contribution in [0.1, 0.15) is 5.69 Å². The highest BCUT2D eigenvalue weighted by atomic mass is 79.9. The Labute approximate surface area is 174 Å². The molecule has 0 unspecified atom stereocenters. The van der Waals surface area contributed by atoms with E-state index in [1.165, 1.54) is 18.4 Å². The summed E-state index contributed by atoms with van der Waals surface area (Å²) in [5, 5.41) is 10.3. The summed E-state index contributed by atoms with van der Waals surface area (Å²) in [6.07, 6.45) is 0.113. The van der Waals surface area contributed by atoms with Gasteiger partial charge in [-0.15, -0.1) is 11.3 Å². The molecular weight excluding hydrogens is 444 g/mol. The highest BCUT2D eigenvalue weighted by Crippen LogP contribution is 2.24. The average Bonchev–Trinajstić information content (AvgIpc) is 3.10. The minimum Gasteiger partial charge on any atom is -0.495 e. The maximum atomic E-state index is 12.2. The summed E-state index contributed by atoms with van der Waals surface area (Å²) >= 11 is 4.60. The van der Waals surface area contributed by atoms with Gasteiger partial charge in [0, 0.05) is 15.5 Å². The smallest absolute Gasteiger partial charge is 0.325 e. The van der Waals surface area contributed by atoms with Gasteiger partial charge in [-0.1, -0.05) is 28.1 Å². The van der Waals surface area contributed by atoms with E-state index in [4.69, 9.17) is 4.74 Å². The predicted octanol–water partition coefficient (Wildman–Crippen LogP) is 4.74. The van der Waals surface area contributed by atoms with Crippen molar-refractivity contribution in [2.75, 3.05) is 23.1 Å². The first-order valence-electron chi connectivity index (χ1n) is 8.24. The number of thiazole rings is 1. The number of aromatic nitrogens is 1. The maximum Gasteiger partial charge on any atom is 0.325 e. The van der Waals surface area contributed by atoms with Gasteiger partial charge in [0.25, 0.3) is 0 Å². The molecule has 0 radical (unpaired) electrons. The number of halogens is 1. The Balaban J connectivity index is 1.54. The summed E-state index contributed by atoms with van der Waals surface area (Å²) in [5.74, 6) is 0.375. The monoisotopic (exact) mass is 460 g/mol. The molecule has 0 aliphatic heterocycles. The molecule has 3 N–H and O–H groups in total. The predicted molar refractivity (Wildman–Crippen MR) is 114 cm³/mol. The van der Waals surface area contributed by atoms with Crippen LogP contribution in [0.15, 0.2) is 58.4 Å². The number of hydrogen-bond acceptors (Lipinski definition) is 5. The number of nitrogens with zero attached hydrogens (tertiary/aromatic N) is 1. The third kappa shape index (κ3) is 5.54. The first-order chi connectivity index (χ1) is 13.5. The highest BCUT2D eigenvalue weighted by molar-refractivity contribution is 9.10. The van der Waals surface area contributed by atoms with Gasteiger partial charge in [-0.25, -0.2) is 9.78 Å². The lowest BCUT2D eigenvalue weighted by Crippen LogP contribution is -2.20. The van der Waals surface area contributed by atoms with E-state index in [0.29, 0.717) is 27.9 Å². The van der Waals surface area contributed by atoms with Crippen molar-refractivity contribution in [3.63, 3.8) is 0 Å². The van der Waals surface area contributed by atoms with Crippen molar-refractivity contribution in [1.29, 1.82) is 0 Å². The Kier molecular flexibility index (Phi) is 6.62. The van der Waals surface area contributed by atoms with Crippen LogP contribution in [0, 0.1) is 0 Å². The number of urea groups is 1. The quantitative estimate of drug-likeness (QED) is 0.495. The molecule has 3 aromatic rings. The Bertz CT molecular complexity index is 975. The third-order valence-corrected chi connectivity index (χ3v) is 4.93. The number of nitrogens with one attached hydrogen (secondary N) is 3. The topological polar surface area (TPSA) is 92.3 Å². The van der Waals surface area contributed by atoms with Gasteiger partial charge in [-0.05, 0) is 36.4 Å². The maximum absolute atomic E-state index is 12.2. The van der Waals surface area contributed by atoms with Crippen LogP contribution in [0.3, 0.4) is 0 Å². The Hall–Kier alpha value is -2.91. The molecule has 0 bridgehead atoms. The van der Waals surface area contributed by atoms with Crippen molar-refractivity contribution < 1.29 is 14.3 Å². The van der Waals surface area contributed by atoms with Gasteiger partial charge in [-0.3, -0.25) is 10.1 Å². The lowest BCUT2D eigenvalue weighted by atomic mass is 10.3. The van der Waals surface area contributed by atoms with Crippen LogP contribution in [-0.4, -0.2) is 24.0 Å².